The van der Waals surface area contributed by atoms with Crippen molar-refractivity contribution in [3.8, 4) is 0 Å². The van der Waals surface area contributed by atoms with Gasteiger partial charge in [-0.15, -0.1) is 0 Å². The van der Waals surface area contributed by atoms with Gasteiger partial charge in [0.2, 0.25) is 0 Å². The van der Waals surface area contributed by atoms with Gasteiger partial charge >= 0.3 is 5.97 Å². The molecule has 3 fully saturated rings. The fourth-order valence-corrected chi connectivity index (χ4v) is 8.99. The predicted octanol–water partition coefficient (Wildman–Crippen LogP) is 4.63. The van der Waals surface area contributed by atoms with Crippen molar-refractivity contribution in [3.05, 3.63) is 23.8 Å². The number of hydrogen-bond donors (Lipinski definition) is 0. The van der Waals surface area contributed by atoms with Gasteiger partial charge in [0.1, 0.15) is 5.60 Å². The quantitative estimate of drug-likeness (QED) is 0.586. The topological polar surface area (TPSA) is 60.4 Å². The van der Waals surface area contributed by atoms with E-state index in [4.69, 9.17) is 4.74 Å². The lowest BCUT2D eigenvalue weighted by Crippen LogP contribution is -2.57. The third-order valence-corrected chi connectivity index (χ3v) is 10.3. The standard InChI is InChI=1S/C24H30O4S/c1-14(25)29-19-13-15-12-16(26)4-8-22(15,2)17-5-9-23(3)18(21(17)19)6-10-24(23)11-7-20(27)28-24/h7,11-12,17-19,21H,4-6,8-10,13H2,1-3H3/t17-,18+,19+,21+,22-,23-,24+/m0/s1. The van der Waals surface area contributed by atoms with E-state index in [0.29, 0.717) is 24.2 Å². The van der Waals surface area contributed by atoms with Crippen molar-refractivity contribution in [2.75, 3.05) is 0 Å². The Morgan fingerprint density at radius 3 is 2.59 bits per heavy atom. The van der Waals surface area contributed by atoms with Crippen LogP contribution in [-0.2, 0) is 19.1 Å². The highest BCUT2D eigenvalue weighted by Gasteiger charge is 2.67. The molecule has 0 aromatic heterocycles. The molecule has 1 aliphatic heterocycles. The van der Waals surface area contributed by atoms with Gasteiger partial charge in [-0.25, -0.2) is 4.79 Å². The molecule has 0 aromatic carbocycles. The summed E-state index contributed by atoms with van der Waals surface area (Å²) in [6.07, 6.45) is 12.0. The first kappa shape index (κ1) is 19.6. The van der Waals surface area contributed by atoms with E-state index in [2.05, 4.69) is 13.8 Å². The first-order chi connectivity index (χ1) is 13.7. The molecule has 1 heterocycles. The summed E-state index contributed by atoms with van der Waals surface area (Å²) in [4.78, 5) is 36.3. The maximum Gasteiger partial charge on any atom is 0.331 e. The molecule has 1 spiro atoms. The van der Waals surface area contributed by atoms with Crippen LogP contribution in [0.15, 0.2) is 23.8 Å². The fourth-order valence-electron chi connectivity index (χ4n) is 7.76. The Balaban J connectivity index is 1.57. The van der Waals surface area contributed by atoms with Gasteiger partial charge in [-0.2, -0.15) is 0 Å². The first-order valence-corrected chi connectivity index (χ1v) is 11.9. The Bertz CT molecular complexity index is 859. The van der Waals surface area contributed by atoms with E-state index in [1.165, 1.54) is 17.3 Å². The van der Waals surface area contributed by atoms with E-state index >= 15 is 0 Å². The molecule has 5 heteroatoms. The summed E-state index contributed by atoms with van der Waals surface area (Å²) < 4.78 is 5.94. The van der Waals surface area contributed by atoms with Crippen molar-refractivity contribution < 1.29 is 19.1 Å². The molecule has 5 rings (SSSR count). The average Bonchev–Trinajstić information content (AvgIpc) is 3.17. The van der Waals surface area contributed by atoms with E-state index in [1.807, 2.05) is 12.2 Å². The lowest BCUT2D eigenvalue weighted by atomic mass is 9.46. The molecule has 4 nitrogen and oxygen atoms in total. The summed E-state index contributed by atoms with van der Waals surface area (Å²) >= 11 is 1.48. The van der Waals surface area contributed by atoms with Crippen molar-refractivity contribution in [2.45, 2.75) is 76.6 Å². The van der Waals surface area contributed by atoms with Crippen molar-refractivity contribution in [1.29, 1.82) is 0 Å². The van der Waals surface area contributed by atoms with Crippen molar-refractivity contribution >= 4 is 28.6 Å². The van der Waals surface area contributed by atoms with Crippen LogP contribution in [-0.4, -0.2) is 27.7 Å². The number of ether oxygens (including phenoxy) is 1. The molecule has 0 amide bonds. The van der Waals surface area contributed by atoms with Crippen LogP contribution >= 0.6 is 11.8 Å². The second kappa shape index (κ2) is 6.32. The summed E-state index contributed by atoms with van der Waals surface area (Å²) in [5.41, 5.74) is 0.794. The number of carbonyl (C=O) groups is 3. The summed E-state index contributed by atoms with van der Waals surface area (Å²) in [6, 6.07) is 0. The smallest absolute Gasteiger partial charge is 0.331 e. The lowest BCUT2D eigenvalue weighted by Gasteiger charge is -2.60. The number of rotatable bonds is 1. The number of fused-ring (bicyclic) bond motifs is 6. The third kappa shape index (κ3) is 2.62. The van der Waals surface area contributed by atoms with Crippen LogP contribution < -0.4 is 0 Å². The molecule has 0 bridgehead atoms. The van der Waals surface area contributed by atoms with Crippen molar-refractivity contribution in [1.82, 2.24) is 0 Å². The number of carbonyl (C=O) groups excluding carboxylic acids is 3. The average molecular weight is 415 g/mol. The second-order valence-corrected chi connectivity index (χ2v) is 11.8. The summed E-state index contributed by atoms with van der Waals surface area (Å²) in [7, 11) is 0. The Morgan fingerprint density at radius 1 is 1.14 bits per heavy atom. The molecular formula is C24H30O4S. The molecule has 3 saturated carbocycles. The van der Waals surface area contributed by atoms with Crippen molar-refractivity contribution in [2.24, 2.45) is 28.6 Å². The Labute approximate surface area is 176 Å². The van der Waals surface area contributed by atoms with Gasteiger partial charge in [0.15, 0.2) is 10.9 Å². The molecular weight excluding hydrogens is 384 g/mol. The highest BCUT2D eigenvalue weighted by Crippen LogP contribution is 2.70. The zero-order chi connectivity index (χ0) is 20.6. The van der Waals surface area contributed by atoms with E-state index in [-0.39, 0.29) is 32.9 Å². The molecule has 0 unspecified atom stereocenters. The van der Waals surface area contributed by atoms with E-state index < -0.39 is 5.60 Å². The summed E-state index contributed by atoms with van der Waals surface area (Å²) in [6.45, 7) is 6.34. The summed E-state index contributed by atoms with van der Waals surface area (Å²) in [5.74, 6) is 1.37. The van der Waals surface area contributed by atoms with Gasteiger partial charge in [0.25, 0.3) is 0 Å². The fraction of sp³-hybridized carbons (Fsp3) is 0.708. The minimum atomic E-state index is -0.468. The van der Waals surface area contributed by atoms with Crippen molar-refractivity contribution in [3.63, 3.8) is 0 Å². The molecule has 29 heavy (non-hydrogen) atoms. The van der Waals surface area contributed by atoms with Gasteiger partial charge in [0, 0.05) is 30.1 Å². The largest absolute Gasteiger partial charge is 0.451 e. The Morgan fingerprint density at radius 2 is 1.90 bits per heavy atom. The van der Waals surface area contributed by atoms with Gasteiger partial charge in [-0.3, -0.25) is 9.59 Å². The SMILES string of the molecule is CC(=O)S[C@@H]1CC2=CC(=O)CC[C@]2(C)[C@H]2CC[C@@]3(C)[C@H](CC[C@@]34C=CC(=O)O4)[C@H]12. The molecule has 5 aliphatic rings. The predicted molar refractivity (Wildman–Crippen MR) is 112 cm³/mol. The lowest BCUT2D eigenvalue weighted by molar-refractivity contribution is -0.162. The Hall–Kier alpha value is -1.36. The molecule has 7 atom stereocenters. The van der Waals surface area contributed by atoms with Gasteiger partial charge < -0.3 is 4.74 Å². The van der Waals surface area contributed by atoms with Gasteiger partial charge in [0.05, 0.1) is 0 Å². The van der Waals surface area contributed by atoms with Crippen LogP contribution in [0, 0.1) is 28.6 Å². The van der Waals surface area contributed by atoms with Crippen LogP contribution in [0.3, 0.4) is 0 Å². The van der Waals surface area contributed by atoms with Crippen LogP contribution in [0.2, 0.25) is 0 Å². The normalized spacial score (nSPS) is 48.0. The highest BCUT2D eigenvalue weighted by molar-refractivity contribution is 8.14. The van der Waals surface area contributed by atoms with E-state index in [9.17, 15) is 14.4 Å². The molecule has 0 saturated heterocycles. The van der Waals surface area contributed by atoms with Gasteiger partial charge in [-0.1, -0.05) is 31.2 Å². The molecule has 0 aromatic rings. The first-order valence-electron chi connectivity index (χ1n) is 11.0. The number of allylic oxidation sites excluding steroid dienone is 1. The van der Waals surface area contributed by atoms with Crippen LogP contribution in [0.4, 0.5) is 0 Å². The molecule has 4 aliphatic carbocycles. The second-order valence-electron chi connectivity index (χ2n) is 10.3. The van der Waals surface area contributed by atoms with E-state index in [0.717, 1.165) is 38.5 Å². The van der Waals surface area contributed by atoms with Crippen LogP contribution in [0.25, 0.3) is 0 Å². The summed E-state index contributed by atoms with van der Waals surface area (Å²) in [5, 5.41) is 0.371. The number of thioether (sulfide) groups is 1. The number of hydrogen-bond acceptors (Lipinski definition) is 5. The third-order valence-electron chi connectivity index (χ3n) is 9.23. The maximum absolute atomic E-state index is 12.2. The van der Waals surface area contributed by atoms with E-state index in [1.54, 1.807) is 13.0 Å². The minimum absolute atomic E-state index is 0.0612. The number of ketones is 1. The minimum Gasteiger partial charge on any atom is -0.451 e. The van der Waals surface area contributed by atoms with Crippen LogP contribution in [0.5, 0.6) is 0 Å². The molecule has 0 N–H and O–H groups in total. The molecule has 156 valence electrons. The van der Waals surface area contributed by atoms with Gasteiger partial charge in [-0.05, 0) is 73.8 Å². The maximum atomic E-state index is 12.2. The zero-order valence-electron chi connectivity index (χ0n) is 17.5. The monoisotopic (exact) mass is 414 g/mol. The zero-order valence-corrected chi connectivity index (χ0v) is 18.3. The highest BCUT2D eigenvalue weighted by atomic mass is 32.2. The molecule has 0 radical (unpaired) electrons. The Kier molecular flexibility index (Phi) is 4.27. The van der Waals surface area contributed by atoms with Crippen LogP contribution in [0.1, 0.15) is 65.7 Å². The number of esters is 1.